The molecule has 4 N–H and O–H groups in total. The Morgan fingerprint density at radius 3 is 2.94 bits per heavy atom. The molecule has 0 spiro atoms. The number of carbonyl (C=O) groups is 1. The zero-order valence-electron chi connectivity index (χ0n) is 10.5. The van der Waals surface area contributed by atoms with Crippen LogP contribution in [0.2, 0.25) is 0 Å². The molecule has 0 radical (unpaired) electrons. The van der Waals surface area contributed by atoms with Crippen LogP contribution in [0.4, 0.5) is 5.69 Å². The zero-order valence-corrected chi connectivity index (χ0v) is 10.5. The maximum atomic E-state index is 11.9. The summed E-state index contributed by atoms with van der Waals surface area (Å²) in [4.78, 5) is 14.8. The average Bonchev–Trinajstić information content (AvgIpc) is 2.63. The lowest BCUT2D eigenvalue weighted by Crippen LogP contribution is -2.40. The molecule has 1 aromatic rings. The van der Waals surface area contributed by atoms with Gasteiger partial charge in [-0.25, -0.2) is 0 Å². The van der Waals surface area contributed by atoms with Gasteiger partial charge >= 0.3 is 0 Å². The van der Waals surface area contributed by atoms with Crippen molar-refractivity contribution in [3.05, 3.63) is 18.0 Å². The van der Waals surface area contributed by atoms with E-state index in [2.05, 4.69) is 24.1 Å². The number of nitrogens with one attached hydrogen (secondary N) is 2. The molecule has 0 aromatic carbocycles. The van der Waals surface area contributed by atoms with Gasteiger partial charge in [0, 0.05) is 17.9 Å². The third-order valence-corrected chi connectivity index (χ3v) is 3.49. The highest BCUT2D eigenvalue weighted by Gasteiger charge is 2.29. The van der Waals surface area contributed by atoms with Crippen LogP contribution in [0.25, 0.3) is 0 Å². The Labute approximate surface area is 102 Å². The van der Waals surface area contributed by atoms with Crippen LogP contribution in [0, 0.1) is 5.41 Å². The SMILES string of the molecule is CC1(C)CCCC(NC(=O)c2cc(N)c[nH]2)C1. The van der Waals surface area contributed by atoms with Gasteiger partial charge in [0.2, 0.25) is 0 Å². The largest absolute Gasteiger partial charge is 0.397 e. The predicted molar refractivity (Wildman–Crippen MR) is 68.7 cm³/mol. The molecule has 17 heavy (non-hydrogen) atoms. The Morgan fingerprint density at radius 1 is 1.59 bits per heavy atom. The molecule has 1 amide bonds. The molecule has 1 unspecified atom stereocenters. The number of H-pyrrole nitrogens is 1. The summed E-state index contributed by atoms with van der Waals surface area (Å²) in [6.07, 6.45) is 6.19. The van der Waals surface area contributed by atoms with Crippen molar-refractivity contribution in [1.82, 2.24) is 10.3 Å². The molecule has 0 bridgehead atoms. The van der Waals surface area contributed by atoms with Crippen molar-refractivity contribution in [2.75, 3.05) is 5.73 Å². The first-order valence-corrected chi connectivity index (χ1v) is 6.21. The number of carbonyl (C=O) groups excluding carboxylic acids is 1. The number of aromatic nitrogens is 1. The number of hydrogen-bond donors (Lipinski definition) is 3. The standard InChI is InChI=1S/C13H21N3O/c1-13(2)5-3-4-10(7-13)16-12(17)11-6-9(14)8-15-11/h6,8,10,15H,3-5,7,14H2,1-2H3,(H,16,17). The van der Waals surface area contributed by atoms with Gasteiger partial charge < -0.3 is 16.0 Å². The number of nitrogens with two attached hydrogens (primary N) is 1. The number of hydrogen-bond acceptors (Lipinski definition) is 2. The lowest BCUT2D eigenvalue weighted by molar-refractivity contribution is 0.0898. The third-order valence-electron chi connectivity index (χ3n) is 3.49. The molecule has 94 valence electrons. The average molecular weight is 235 g/mol. The molecule has 1 saturated carbocycles. The smallest absolute Gasteiger partial charge is 0.267 e. The van der Waals surface area contributed by atoms with Crippen LogP contribution < -0.4 is 11.1 Å². The zero-order chi connectivity index (χ0) is 12.5. The van der Waals surface area contributed by atoms with E-state index in [1.54, 1.807) is 12.3 Å². The second-order valence-electron chi connectivity index (χ2n) is 5.78. The summed E-state index contributed by atoms with van der Waals surface area (Å²) in [6.45, 7) is 4.52. The fourth-order valence-electron chi connectivity index (χ4n) is 2.63. The topological polar surface area (TPSA) is 70.9 Å². The van der Waals surface area contributed by atoms with Crippen molar-refractivity contribution in [2.24, 2.45) is 5.41 Å². The van der Waals surface area contributed by atoms with Crippen LogP contribution >= 0.6 is 0 Å². The van der Waals surface area contributed by atoms with Gasteiger partial charge in [0.1, 0.15) is 5.69 Å². The minimum atomic E-state index is -0.0515. The Morgan fingerprint density at radius 2 is 2.35 bits per heavy atom. The summed E-state index contributed by atoms with van der Waals surface area (Å²) < 4.78 is 0. The highest BCUT2D eigenvalue weighted by Crippen LogP contribution is 2.35. The fourth-order valence-corrected chi connectivity index (χ4v) is 2.63. The molecule has 4 nitrogen and oxygen atoms in total. The van der Waals surface area contributed by atoms with E-state index in [0.29, 0.717) is 16.8 Å². The van der Waals surface area contributed by atoms with Crippen LogP contribution in [0.3, 0.4) is 0 Å². The molecule has 1 aliphatic rings. The maximum Gasteiger partial charge on any atom is 0.267 e. The van der Waals surface area contributed by atoms with Crippen LogP contribution in [0.1, 0.15) is 50.0 Å². The molecule has 1 aromatic heterocycles. The molecule has 1 heterocycles. The second-order valence-corrected chi connectivity index (χ2v) is 5.78. The van der Waals surface area contributed by atoms with E-state index in [1.807, 2.05) is 0 Å². The quantitative estimate of drug-likeness (QED) is 0.736. The van der Waals surface area contributed by atoms with Gasteiger partial charge in [-0.1, -0.05) is 20.3 Å². The van der Waals surface area contributed by atoms with Crippen LogP contribution in [-0.2, 0) is 0 Å². The van der Waals surface area contributed by atoms with E-state index in [1.165, 1.54) is 12.8 Å². The van der Waals surface area contributed by atoms with Gasteiger partial charge in [0.05, 0.1) is 0 Å². The van der Waals surface area contributed by atoms with Crippen molar-refractivity contribution < 1.29 is 4.79 Å². The van der Waals surface area contributed by atoms with Crippen LogP contribution in [0.15, 0.2) is 12.3 Å². The van der Waals surface area contributed by atoms with Crippen LogP contribution in [0.5, 0.6) is 0 Å². The van der Waals surface area contributed by atoms with Gasteiger partial charge in [-0.2, -0.15) is 0 Å². The third kappa shape index (κ3) is 3.02. The molecular formula is C13H21N3O. The summed E-state index contributed by atoms with van der Waals surface area (Å²) in [5.74, 6) is -0.0515. The van der Waals surface area contributed by atoms with Crippen molar-refractivity contribution >= 4 is 11.6 Å². The van der Waals surface area contributed by atoms with E-state index in [9.17, 15) is 4.79 Å². The molecule has 1 fully saturated rings. The summed E-state index contributed by atoms with van der Waals surface area (Å²) in [5, 5.41) is 3.08. The minimum absolute atomic E-state index is 0.0515. The molecule has 1 atom stereocenters. The van der Waals surface area contributed by atoms with E-state index in [4.69, 9.17) is 5.73 Å². The lowest BCUT2D eigenvalue weighted by Gasteiger charge is -2.35. The first-order chi connectivity index (χ1) is 7.96. The van der Waals surface area contributed by atoms with Gasteiger partial charge in [0.15, 0.2) is 0 Å². The van der Waals surface area contributed by atoms with Crippen molar-refractivity contribution in [1.29, 1.82) is 0 Å². The molecule has 1 aliphatic carbocycles. The second kappa shape index (κ2) is 4.43. The Kier molecular flexibility index (Phi) is 3.13. The summed E-state index contributed by atoms with van der Waals surface area (Å²) >= 11 is 0. The summed E-state index contributed by atoms with van der Waals surface area (Å²) in [5.41, 5.74) is 7.06. The number of aromatic amines is 1. The van der Waals surface area contributed by atoms with Crippen LogP contribution in [-0.4, -0.2) is 16.9 Å². The van der Waals surface area contributed by atoms with Crippen molar-refractivity contribution in [3.8, 4) is 0 Å². The van der Waals surface area contributed by atoms with Crippen molar-refractivity contribution in [2.45, 2.75) is 45.6 Å². The normalized spacial score (nSPS) is 23.3. The summed E-state index contributed by atoms with van der Waals surface area (Å²) in [7, 11) is 0. The molecule has 0 saturated heterocycles. The number of rotatable bonds is 2. The first-order valence-electron chi connectivity index (χ1n) is 6.21. The molecular weight excluding hydrogens is 214 g/mol. The molecule has 0 aliphatic heterocycles. The Hall–Kier alpha value is -1.45. The summed E-state index contributed by atoms with van der Waals surface area (Å²) in [6, 6.07) is 1.96. The van der Waals surface area contributed by atoms with E-state index >= 15 is 0 Å². The monoisotopic (exact) mass is 235 g/mol. The van der Waals surface area contributed by atoms with Crippen molar-refractivity contribution in [3.63, 3.8) is 0 Å². The lowest BCUT2D eigenvalue weighted by atomic mass is 9.75. The molecule has 2 rings (SSSR count). The van der Waals surface area contributed by atoms with Gasteiger partial charge in [-0.3, -0.25) is 4.79 Å². The fraction of sp³-hybridized carbons (Fsp3) is 0.615. The van der Waals surface area contributed by atoms with Gasteiger partial charge in [-0.05, 0) is 30.7 Å². The number of amides is 1. The highest BCUT2D eigenvalue weighted by molar-refractivity contribution is 5.93. The number of anilines is 1. The van der Waals surface area contributed by atoms with E-state index in [0.717, 1.165) is 12.8 Å². The predicted octanol–water partition coefficient (Wildman–Crippen LogP) is 2.30. The Balaban J connectivity index is 1.95. The minimum Gasteiger partial charge on any atom is -0.397 e. The van der Waals surface area contributed by atoms with Gasteiger partial charge in [0.25, 0.3) is 5.91 Å². The van der Waals surface area contributed by atoms with Gasteiger partial charge in [-0.15, -0.1) is 0 Å². The highest BCUT2D eigenvalue weighted by atomic mass is 16.1. The number of nitrogen functional groups attached to an aromatic ring is 1. The first kappa shape index (κ1) is 12.0. The molecule has 4 heteroatoms. The van der Waals surface area contributed by atoms with E-state index < -0.39 is 0 Å². The Bertz CT molecular complexity index is 409. The van der Waals surface area contributed by atoms with E-state index in [-0.39, 0.29) is 11.9 Å². The maximum absolute atomic E-state index is 11.9.